The summed E-state index contributed by atoms with van der Waals surface area (Å²) < 4.78 is 4.89. The van der Waals surface area contributed by atoms with E-state index in [1.54, 1.807) is 31.2 Å². The van der Waals surface area contributed by atoms with Crippen LogP contribution >= 0.6 is 0 Å². The number of anilines is 1. The van der Waals surface area contributed by atoms with E-state index in [1.807, 2.05) is 6.92 Å². The predicted octanol–water partition coefficient (Wildman–Crippen LogP) is 1.10. The van der Waals surface area contributed by atoms with Crippen molar-refractivity contribution in [3.8, 4) is 0 Å². The Morgan fingerprint density at radius 1 is 1.29 bits per heavy atom. The molecule has 1 aliphatic heterocycles. The summed E-state index contributed by atoms with van der Waals surface area (Å²) in [4.78, 5) is 36.9. The van der Waals surface area contributed by atoms with E-state index in [-0.39, 0.29) is 18.2 Å². The number of hydrogen-bond acceptors (Lipinski definition) is 5. The Kier molecular flexibility index (Phi) is 4.70. The third-order valence-electron chi connectivity index (χ3n) is 3.23. The van der Waals surface area contributed by atoms with Crippen molar-refractivity contribution in [2.75, 3.05) is 18.1 Å². The van der Waals surface area contributed by atoms with Crippen molar-refractivity contribution in [2.45, 2.75) is 26.3 Å². The van der Waals surface area contributed by atoms with Crippen molar-refractivity contribution < 1.29 is 19.1 Å². The highest BCUT2D eigenvalue weighted by Crippen LogP contribution is 2.23. The standard InChI is InChI=1S/C15H18N2O4/c1-3-16-12-9-13(18)17(14(12)19)11-7-5-10(6-8-11)15(20)21-4-2/h5-8,12,16H,3-4,9H2,1-2H3/t12-/m0/s1. The van der Waals surface area contributed by atoms with Crippen molar-refractivity contribution in [2.24, 2.45) is 0 Å². The highest BCUT2D eigenvalue weighted by molar-refractivity contribution is 6.22. The van der Waals surface area contributed by atoms with Gasteiger partial charge in [-0.2, -0.15) is 0 Å². The lowest BCUT2D eigenvalue weighted by molar-refractivity contribution is -0.121. The van der Waals surface area contributed by atoms with E-state index >= 15 is 0 Å². The SMILES string of the molecule is CCN[C@H]1CC(=O)N(c2ccc(C(=O)OCC)cc2)C1=O. The molecule has 0 aliphatic carbocycles. The molecule has 21 heavy (non-hydrogen) atoms. The second-order valence-corrected chi connectivity index (χ2v) is 4.65. The van der Waals surface area contributed by atoms with E-state index in [0.29, 0.717) is 24.4 Å². The molecule has 0 bridgehead atoms. The van der Waals surface area contributed by atoms with Crippen molar-refractivity contribution >= 4 is 23.5 Å². The van der Waals surface area contributed by atoms with Gasteiger partial charge in [-0.25, -0.2) is 9.69 Å². The number of carbonyl (C=O) groups is 3. The fourth-order valence-electron chi connectivity index (χ4n) is 2.27. The number of nitrogens with zero attached hydrogens (tertiary/aromatic N) is 1. The number of benzene rings is 1. The predicted molar refractivity (Wildman–Crippen MR) is 77.0 cm³/mol. The first kappa shape index (κ1) is 15.2. The van der Waals surface area contributed by atoms with Crippen LogP contribution in [0.2, 0.25) is 0 Å². The molecule has 1 aromatic rings. The molecule has 0 aromatic heterocycles. The molecule has 6 nitrogen and oxygen atoms in total. The first-order chi connectivity index (χ1) is 10.1. The van der Waals surface area contributed by atoms with Crippen LogP contribution in [0.15, 0.2) is 24.3 Å². The molecule has 2 rings (SSSR count). The van der Waals surface area contributed by atoms with Gasteiger partial charge in [0.1, 0.15) is 0 Å². The molecule has 2 amide bonds. The summed E-state index contributed by atoms with van der Waals surface area (Å²) in [5.41, 5.74) is 0.862. The smallest absolute Gasteiger partial charge is 0.338 e. The minimum atomic E-state index is -0.466. The number of rotatable bonds is 5. The minimum Gasteiger partial charge on any atom is -0.462 e. The molecule has 1 atom stereocenters. The average molecular weight is 290 g/mol. The number of imide groups is 1. The van der Waals surface area contributed by atoms with Gasteiger partial charge < -0.3 is 10.1 Å². The van der Waals surface area contributed by atoms with Crippen LogP contribution in [0.5, 0.6) is 0 Å². The second-order valence-electron chi connectivity index (χ2n) is 4.65. The maximum Gasteiger partial charge on any atom is 0.338 e. The van der Waals surface area contributed by atoms with E-state index in [4.69, 9.17) is 4.74 Å². The Labute approximate surface area is 123 Å². The molecule has 0 unspecified atom stereocenters. The van der Waals surface area contributed by atoms with Gasteiger partial charge >= 0.3 is 5.97 Å². The van der Waals surface area contributed by atoms with E-state index in [1.165, 1.54) is 0 Å². The van der Waals surface area contributed by atoms with Crippen molar-refractivity contribution in [1.82, 2.24) is 5.32 Å². The Bertz CT molecular complexity index is 553. The molecule has 6 heteroatoms. The Morgan fingerprint density at radius 3 is 2.52 bits per heavy atom. The lowest BCUT2D eigenvalue weighted by Gasteiger charge is -2.15. The summed E-state index contributed by atoms with van der Waals surface area (Å²) in [6.45, 7) is 4.54. The topological polar surface area (TPSA) is 75.7 Å². The van der Waals surface area contributed by atoms with Gasteiger partial charge in [0, 0.05) is 0 Å². The van der Waals surface area contributed by atoms with Crippen LogP contribution in [0, 0.1) is 0 Å². The van der Waals surface area contributed by atoms with Gasteiger partial charge in [0.25, 0.3) is 5.91 Å². The Balaban J connectivity index is 2.17. The number of esters is 1. The minimum absolute atomic E-state index is 0.159. The fraction of sp³-hybridized carbons (Fsp3) is 0.400. The Hall–Kier alpha value is -2.21. The van der Waals surface area contributed by atoms with Crippen LogP contribution in [0.4, 0.5) is 5.69 Å². The van der Waals surface area contributed by atoms with Gasteiger partial charge in [-0.3, -0.25) is 9.59 Å². The van der Waals surface area contributed by atoms with Crippen LogP contribution < -0.4 is 10.2 Å². The summed E-state index contributed by atoms with van der Waals surface area (Å²) in [6, 6.07) is 5.79. The molecule has 0 spiro atoms. The molecular formula is C15H18N2O4. The highest BCUT2D eigenvalue weighted by atomic mass is 16.5. The molecule has 0 radical (unpaired) electrons. The van der Waals surface area contributed by atoms with Crippen molar-refractivity contribution in [3.63, 3.8) is 0 Å². The molecule has 1 heterocycles. The van der Waals surface area contributed by atoms with Crippen LogP contribution in [-0.2, 0) is 14.3 Å². The first-order valence-corrected chi connectivity index (χ1v) is 6.95. The largest absolute Gasteiger partial charge is 0.462 e. The van der Waals surface area contributed by atoms with Gasteiger partial charge in [0.15, 0.2) is 0 Å². The molecule has 112 valence electrons. The maximum absolute atomic E-state index is 12.2. The zero-order chi connectivity index (χ0) is 15.4. The third-order valence-corrected chi connectivity index (χ3v) is 3.23. The molecule has 1 aliphatic rings. The Morgan fingerprint density at radius 2 is 1.95 bits per heavy atom. The number of hydrogen-bond donors (Lipinski definition) is 1. The average Bonchev–Trinajstić information content (AvgIpc) is 2.74. The maximum atomic E-state index is 12.2. The van der Waals surface area contributed by atoms with Crippen LogP contribution in [0.25, 0.3) is 0 Å². The van der Waals surface area contributed by atoms with Crippen LogP contribution in [-0.4, -0.2) is 37.0 Å². The summed E-state index contributed by atoms with van der Waals surface area (Å²) in [5, 5.41) is 2.98. The number of likely N-dealkylation sites (N-methyl/N-ethyl adjacent to an activating group) is 1. The monoisotopic (exact) mass is 290 g/mol. The van der Waals surface area contributed by atoms with Gasteiger partial charge in [-0.15, -0.1) is 0 Å². The van der Waals surface area contributed by atoms with E-state index in [9.17, 15) is 14.4 Å². The zero-order valence-electron chi connectivity index (χ0n) is 12.1. The third kappa shape index (κ3) is 3.11. The second kappa shape index (κ2) is 6.49. The lowest BCUT2D eigenvalue weighted by Crippen LogP contribution is -2.38. The molecular weight excluding hydrogens is 272 g/mol. The number of amides is 2. The molecule has 0 saturated carbocycles. The molecule has 1 saturated heterocycles. The fourth-order valence-corrected chi connectivity index (χ4v) is 2.27. The number of carbonyl (C=O) groups excluding carboxylic acids is 3. The van der Waals surface area contributed by atoms with E-state index < -0.39 is 12.0 Å². The normalized spacial score (nSPS) is 18.2. The summed E-state index contributed by atoms with van der Waals surface area (Å²) in [5.74, 6) is -0.922. The highest BCUT2D eigenvalue weighted by Gasteiger charge is 2.38. The quantitative estimate of drug-likeness (QED) is 0.649. The van der Waals surface area contributed by atoms with Gasteiger partial charge in [0.2, 0.25) is 5.91 Å². The van der Waals surface area contributed by atoms with E-state index in [2.05, 4.69) is 5.32 Å². The summed E-state index contributed by atoms with van der Waals surface area (Å²) in [6.07, 6.45) is 0.159. The number of nitrogens with one attached hydrogen (secondary N) is 1. The van der Waals surface area contributed by atoms with Crippen molar-refractivity contribution in [3.05, 3.63) is 29.8 Å². The van der Waals surface area contributed by atoms with Gasteiger partial charge in [-0.05, 0) is 37.7 Å². The van der Waals surface area contributed by atoms with Crippen molar-refractivity contribution in [1.29, 1.82) is 0 Å². The van der Waals surface area contributed by atoms with Crippen LogP contribution in [0.3, 0.4) is 0 Å². The van der Waals surface area contributed by atoms with Gasteiger partial charge in [-0.1, -0.05) is 6.92 Å². The summed E-state index contributed by atoms with van der Waals surface area (Å²) in [7, 11) is 0. The van der Waals surface area contributed by atoms with Gasteiger partial charge in [0.05, 0.1) is 30.3 Å². The summed E-state index contributed by atoms with van der Waals surface area (Å²) >= 11 is 0. The molecule has 1 N–H and O–H groups in total. The lowest BCUT2D eigenvalue weighted by atomic mass is 10.2. The molecule has 1 fully saturated rings. The van der Waals surface area contributed by atoms with Crippen LogP contribution in [0.1, 0.15) is 30.6 Å². The first-order valence-electron chi connectivity index (χ1n) is 6.95. The van der Waals surface area contributed by atoms with E-state index in [0.717, 1.165) is 4.90 Å². The molecule has 1 aromatic carbocycles. The number of ether oxygens (including phenoxy) is 1. The zero-order valence-corrected chi connectivity index (χ0v) is 12.1.